The normalized spacial score (nSPS) is 42.4. The average molecular weight is 660 g/mol. The number of hydrogen-bond acceptors (Lipinski definition) is 6. The number of nitrogens with one attached hydrogen (secondary N) is 1. The molecule has 0 spiro atoms. The molecule has 9 rings (SSSR count). The van der Waals surface area contributed by atoms with E-state index >= 15 is 0 Å². The first-order valence-corrected chi connectivity index (χ1v) is 19.6. The lowest BCUT2D eigenvalue weighted by Gasteiger charge is -2.64. The van der Waals surface area contributed by atoms with E-state index in [0.717, 1.165) is 17.9 Å². The topological polar surface area (TPSA) is 156 Å². The van der Waals surface area contributed by atoms with E-state index in [1.165, 1.54) is 94.7 Å². The zero-order valence-electron chi connectivity index (χ0n) is 28.2. The molecule has 7 atom stereocenters. The van der Waals surface area contributed by atoms with Crippen molar-refractivity contribution in [2.75, 3.05) is 26.3 Å². The van der Waals surface area contributed by atoms with Crippen LogP contribution in [0.5, 0.6) is 5.75 Å². The van der Waals surface area contributed by atoms with Crippen molar-refractivity contribution in [1.82, 2.24) is 10.2 Å². The molecular formula is C36H58N3O6P. The van der Waals surface area contributed by atoms with Gasteiger partial charge in [0.1, 0.15) is 11.8 Å². The summed E-state index contributed by atoms with van der Waals surface area (Å²) in [6.45, 7) is 6.66. The predicted molar refractivity (Wildman–Crippen MR) is 180 cm³/mol. The first kappa shape index (κ1) is 34.4. The number of hydrogen-bond donors (Lipinski definition) is 6. The quantitative estimate of drug-likeness (QED) is 0.234. The van der Waals surface area contributed by atoms with Crippen LogP contribution < -0.4 is 11.1 Å². The van der Waals surface area contributed by atoms with Gasteiger partial charge in [0.2, 0.25) is 0 Å². The Morgan fingerprint density at radius 2 is 1.78 bits per heavy atom. The van der Waals surface area contributed by atoms with Crippen molar-refractivity contribution >= 4 is 13.6 Å². The molecule has 2 unspecified atom stereocenters. The number of nitrogens with two attached hydrogens (primary N) is 1. The Kier molecular flexibility index (Phi) is 9.30. The number of benzene rings is 1. The molecule has 2 heterocycles. The third-order valence-corrected chi connectivity index (χ3v) is 14.1. The Balaban J connectivity index is 0.000000124. The van der Waals surface area contributed by atoms with Crippen LogP contribution in [0.15, 0.2) is 18.2 Å². The summed E-state index contributed by atoms with van der Waals surface area (Å²) in [5, 5.41) is 21.4. The highest BCUT2D eigenvalue weighted by molar-refractivity contribution is 7.51. The van der Waals surface area contributed by atoms with Gasteiger partial charge in [-0.2, -0.15) is 0 Å². The number of carboxylic acid groups (broad SMARTS) is 1. The van der Waals surface area contributed by atoms with Crippen molar-refractivity contribution in [1.29, 1.82) is 0 Å². The Morgan fingerprint density at radius 3 is 2.41 bits per heavy atom. The number of phenols is 1. The monoisotopic (exact) mass is 659 g/mol. The lowest BCUT2D eigenvalue weighted by Crippen LogP contribution is -2.62. The molecule has 46 heavy (non-hydrogen) atoms. The van der Waals surface area contributed by atoms with Crippen LogP contribution in [-0.4, -0.2) is 74.8 Å². The van der Waals surface area contributed by atoms with Gasteiger partial charge in [0.05, 0.1) is 6.16 Å². The van der Waals surface area contributed by atoms with Crippen LogP contribution in [0.2, 0.25) is 0 Å². The van der Waals surface area contributed by atoms with Gasteiger partial charge in [-0.3, -0.25) is 9.36 Å². The summed E-state index contributed by atoms with van der Waals surface area (Å²) in [7, 11) is -1.71. The fourth-order valence-corrected chi connectivity index (χ4v) is 13.4. The number of carbonyl (C=O) groups is 1. The smallest absolute Gasteiger partial charge is 0.325 e. The number of fused-ring (bicyclic) bond motifs is 1. The lowest BCUT2D eigenvalue weighted by atomic mass is 9.43. The van der Waals surface area contributed by atoms with Gasteiger partial charge in [-0.25, -0.2) is 0 Å². The zero-order valence-corrected chi connectivity index (χ0v) is 29.1. The van der Waals surface area contributed by atoms with E-state index in [9.17, 15) is 14.5 Å². The Bertz CT molecular complexity index is 1300. The van der Waals surface area contributed by atoms with Gasteiger partial charge >= 0.3 is 13.6 Å². The molecule has 6 bridgehead atoms. The Morgan fingerprint density at radius 1 is 1.07 bits per heavy atom. The van der Waals surface area contributed by atoms with Gasteiger partial charge in [0.15, 0.2) is 0 Å². The van der Waals surface area contributed by atoms with Crippen LogP contribution in [0.25, 0.3) is 0 Å². The third-order valence-electron chi connectivity index (χ3n) is 13.1. The average Bonchev–Trinajstić information content (AvgIpc) is 2.93. The van der Waals surface area contributed by atoms with E-state index in [2.05, 4.69) is 43.2 Å². The second-order valence-electron chi connectivity index (χ2n) is 17.4. The van der Waals surface area contributed by atoms with Crippen LogP contribution >= 0.6 is 7.60 Å². The molecule has 7 N–H and O–H groups in total. The molecule has 7 fully saturated rings. The van der Waals surface area contributed by atoms with Crippen molar-refractivity contribution in [3.05, 3.63) is 29.3 Å². The number of rotatable bonds is 3. The van der Waals surface area contributed by atoms with Crippen molar-refractivity contribution in [3.8, 4) is 5.75 Å². The molecule has 1 aromatic rings. The number of aromatic hydroxyl groups is 1. The van der Waals surface area contributed by atoms with Gasteiger partial charge in [0, 0.05) is 17.0 Å². The second kappa shape index (κ2) is 12.4. The van der Waals surface area contributed by atoms with Gasteiger partial charge in [0.25, 0.3) is 0 Å². The summed E-state index contributed by atoms with van der Waals surface area (Å²) >= 11 is 0. The predicted octanol–water partition coefficient (Wildman–Crippen LogP) is 5.39. The highest BCUT2D eigenvalue weighted by atomic mass is 31.2. The van der Waals surface area contributed by atoms with Crippen LogP contribution in [0, 0.1) is 28.6 Å². The fourth-order valence-electron chi connectivity index (χ4n) is 12.4. The molecule has 0 radical (unpaired) electrons. The number of aliphatic carboxylic acids is 1. The van der Waals surface area contributed by atoms with E-state index in [4.69, 9.17) is 20.6 Å². The van der Waals surface area contributed by atoms with Gasteiger partial charge in [-0.15, -0.1) is 0 Å². The van der Waals surface area contributed by atoms with Crippen LogP contribution in [-0.2, 0) is 21.2 Å². The summed E-state index contributed by atoms with van der Waals surface area (Å²) < 4.78 is 10.7. The van der Waals surface area contributed by atoms with Crippen molar-refractivity contribution < 1.29 is 29.4 Å². The standard InChI is InChI=1S/C17H23NO.C12H21N.C7H14NO5P/c1-18-9-8-17-7-3-2-4-14(17)16(18)10-12-5-6-13(19)11-15(12)17;1-10-3-9-4-11(2,6-10)8-12(13,5-9)7-10;9-7(10)6-3-5(1-2-8-6)4-14(11,12)13/h5-6,11,14,16,19H,2-4,7-10H2,1H3;9H,3-8,13H2,1-2H3;5-6,8H,1-4H2,(H,9,10)(H2,11,12,13)/t14-,16+,17+;;5-,6+/m1.1/s1. The van der Waals surface area contributed by atoms with Crippen LogP contribution in [0.4, 0.5) is 0 Å². The molecule has 9 nitrogen and oxygen atoms in total. The minimum atomic E-state index is -4.01. The van der Waals surface area contributed by atoms with E-state index in [-0.39, 0.29) is 17.6 Å². The summed E-state index contributed by atoms with van der Waals surface area (Å²) in [4.78, 5) is 30.7. The maximum Gasteiger partial charge on any atom is 0.325 e. The third kappa shape index (κ3) is 7.11. The highest BCUT2D eigenvalue weighted by Crippen LogP contribution is 2.65. The van der Waals surface area contributed by atoms with Crippen LogP contribution in [0.3, 0.4) is 0 Å². The summed E-state index contributed by atoms with van der Waals surface area (Å²) in [6.07, 6.45) is 16.9. The second-order valence-corrected chi connectivity index (χ2v) is 19.1. The molecule has 2 aliphatic heterocycles. The number of likely N-dealkylation sites (N-methyl/N-ethyl adjacent to an activating group) is 1. The highest BCUT2D eigenvalue weighted by Gasteiger charge is 2.58. The first-order chi connectivity index (χ1) is 21.5. The molecular weight excluding hydrogens is 601 g/mol. The van der Waals surface area contributed by atoms with E-state index in [0.29, 0.717) is 41.4 Å². The SMILES string of the molecule is CC12CC3CC(C)(C1)CC(N)(C3)C2.CN1CC[C@@]23CCCC[C@@H]2[C@@H]1Cc1ccc(O)cc13.O=C(O)[C@@H]1C[C@H](CP(=O)(O)O)CCN1. The zero-order chi connectivity index (χ0) is 33.1. The summed E-state index contributed by atoms with van der Waals surface area (Å²) in [5.74, 6) is 1.07. The molecule has 10 heteroatoms. The largest absolute Gasteiger partial charge is 0.508 e. The number of piperidine rings is 2. The van der Waals surface area contributed by atoms with E-state index in [1.807, 2.05) is 6.07 Å². The first-order valence-electron chi connectivity index (χ1n) is 17.8. The van der Waals surface area contributed by atoms with E-state index < -0.39 is 19.6 Å². The maximum atomic E-state index is 10.7. The van der Waals surface area contributed by atoms with Gasteiger partial charge < -0.3 is 36.0 Å². The molecule has 1 aromatic carbocycles. The van der Waals surface area contributed by atoms with Crippen molar-refractivity contribution in [2.45, 2.75) is 127 Å². The molecule has 0 aromatic heterocycles. The fraction of sp³-hybridized carbons (Fsp3) is 0.806. The molecule has 2 saturated heterocycles. The number of nitrogens with zero attached hydrogens (tertiary/aromatic N) is 1. The van der Waals surface area contributed by atoms with Gasteiger partial charge in [-0.05, 0) is 149 Å². The van der Waals surface area contributed by atoms with E-state index in [1.54, 1.807) is 0 Å². The Hall–Kier alpha value is -1.48. The number of likely N-dealkylation sites (tertiary alicyclic amines) is 1. The summed E-state index contributed by atoms with van der Waals surface area (Å²) in [5.41, 5.74) is 11.3. The molecule has 8 aliphatic rings. The minimum Gasteiger partial charge on any atom is -0.508 e. The minimum absolute atomic E-state index is 0.196. The van der Waals surface area contributed by atoms with Crippen molar-refractivity contribution in [2.24, 2.45) is 34.3 Å². The lowest BCUT2D eigenvalue weighted by molar-refractivity contribution is -0.140. The number of phenolic OH excluding ortho intramolecular Hbond substituents is 1. The molecule has 6 aliphatic carbocycles. The molecule has 0 amide bonds. The van der Waals surface area contributed by atoms with Crippen molar-refractivity contribution in [3.63, 3.8) is 0 Å². The van der Waals surface area contributed by atoms with Gasteiger partial charge in [-0.1, -0.05) is 32.8 Å². The number of carboxylic acids is 1. The summed E-state index contributed by atoms with van der Waals surface area (Å²) in [6, 6.07) is 6.18. The van der Waals surface area contributed by atoms with Crippen LogP contribution in [0.1, 0.15) is 108 Å². The maximum absolute atomic E-state index is 10.7. The Labute approximate surface area is 275 Å². The molecule has 5 saturated carbocycles. The molecule has 258 valence electrons.